The maximum atomic E-state index is 3.75. The van der Waals surface area contributed by atoms with Gasteiger partial charge in [-0.1, -0.05) is 33.6 Å². The minimum absolute atomic E-state index is 0.776. The summed E-state index contributed by atoms with van der Waals surface area (Å²) in [6.45, 7) is 10.6. The highest BCUT2D eigenvalue weighted by atomic mass is 15.1. The fraction of sp³-hybridized carbons (Fsp3) is 1.00. The quantitative estimate of drug-likeness (QED) is 0.735. The van der Waals surface area contributed by atoms with Gasteiger partial charge in [-0.25, -0.2) is 0 Å². The van der Waals surface area contributed by atoms with Crippen LogP contribution in [0, 0.1) is 11.8 Å². The van der Waals surface area contributed by atoms with Crippen molar-refractivity contribution in [3.05, 3.63) is 0 Å². The van der Waals surface area contributed by atoms with Crippen molar-refractivity contribution in [2.75, 3.05) is 26.7 Å². The first-order valence-corrected chi connectivity index (χ1v) is 7.55. The third-order valence-electron chi connectivity index (χ3n) is 3.79. The van der Waals surface area contributed by atoms with Gasteiger partial charge in [0.15, 0.2) is 0 Å². The van der Waals surface area contributed by atoms with Crippen LogP contribution < -0.4 is 5.32 Å². The van der Waals surface area contributed by atoms with Crippen molar-refractivity contribution < 1.29 is 0 Å². The molecular weight excluding hydrogens is 208 g/mol. The van der Waals surface area contributed by atoms with Crippen molar-refractivity contribution in [1.82, 2.24) is 10.2 Å². The smallest absolute Gasteiger partial charge is 0.0107 e. The van der Waals surface area contributed by atoms with E-state index in [9.17, 15) is 0 Å². The van der Waals surface area contributed by atoms with Crippen molar-refractivity contribution in [3.8, 4) is 0 Å². The lowest BCUT2D eigenvalue weighted by molar-refractivity contribution is 0.179. The van der Waals surface area contributed by atoms with E-state index in [0.717, 1.165) is 17.9 Å². The molecule has 2 heteroatoms. The first kappa shape index (κ1) is 15.0. The van der Waals surface area contributed by atoms with Crippen molar-refractivity contribution in [1.29, 1.82) is 0 Å². The van der Waals surface area contributed by atoms with E-state index in [-0.39, 0.29) is 0 Å². The van der Waals surface area contributed by atoms with E-state index >= 15 is 0 Å². The van der Waals surface area contributed by atoms with Crippen LogP contribution in [0.15, 0.2) is 0 Å². The largest absolute Gasteiger partial charge is 0.314 e. The predicted octanol–water partition coefficient (Wildman–Crippen LogP) is 3.13. The van der Waals surface area contributed by atoms with E-state index < -0.39 is 0 Å². The highest BCUT2D eigenvalue weighted by molar-refractivity contribution is 4.82. The molecule has 1 aliphatic carbocycles. The fourth-order valence-electron chi connectivity index (χ4n) is 3.12. The van der Waals surface area contributed by atoms with E-state index in [1.54, 1.807) is 0 Å². The standard InChI is InChI=1S/C15H32N2/c1-5-10-16-15-9-7-6-8-14(15)12-17(4)11-13(2)3/h13-16H,5-12H2,1-4H3. The Morgan fingerprint density at radius 1 is 1.24 bits per heavy atom. The van der Waals surface area contributed by atoms with Gasteiger partial charge in [-0.2, -0.15) is 0 Å². The van der Waals surface area contributed by atoms with Gasteiger partial charge in [0.25, 0.3) is 0 Å². The van der Waals surface area contributed by atoms with Crippen molar-refractivity contribution in [3.63, 3.8) is 0 Å². The lowest BCUT2D eigenvalue weighted by Crippen LogP contribution is -2.44. The van der Waals surface area contributed by atoms with Gasteiger partial charge in [-0.3, -0.25) is 0 Å². The van der Waals surface area contributed by atoms with Crippen LogP contribution in [0.1, 0.15) is 52.9 Å². The maximum absolute atomic E-state index is 3.75. The molecule has 1 aliphatic rings. The van der Waals surface area contributed by atoms with Crippen LogP contribution >= 0.6 is 0 Å². The first-order valence-electron chi connectivity index (χ1n) is 7.55. The molecule has 2 atom stereocenters. The van der Waals surface area contributed by atoms with E-state index in [4.69, 9.17) is 0 Å². The zero-order valence-electron chi connectivity index (χ0n) is 12.3. The van der Waals surface area contributed by atoms with Crippen molar-refractivity contribution >= 4 is 0 Å². The molecule has 0 aromatic carbocycles. The van der Waals surface area contributed by atoms with Gasteiger partial charge in [0.1, 0.15) is 0 Å². The zero-order chi connectivity index (χ0) is 12.7. The zero-order valence-corrected chi connectivity index (χ0v) is 12.3. The lowest BCUT2D eigenvalue weighted by atomic mass is 9.84. The second-order valence-corrected chi connectivity index (χ2v) is 6.22. The molecular formula is C15H32N2. The van der Waals surface area contributed by atoms with E-state index in [1.807, 2.05) is 0 Å². The van der Waals surface area contributed by atoms with Gasteiger partial charge >= 0.3 is 0 Å². The number of hydrogen-bond acceptors (Lipinski definition) is 2. The van der Waals surface area contributed by atoms with Crippen LogP contribution in [0.25, 0.3) is 0 Å². The molecule has 0 spiro atoms. The third-order valence-corrected chi connectivity index (χ3v) is 3.79. The molecule has 0 saturated heterocycles. The lowest BCUT2D eigenvalue weighted by Gasteiger charge is -2.35. The summed E-state index contributed by atoms with van der Waals surface area (Å²) in [5, 5.41) is 3.75. The van der Waals surface area contributed by atoms with Gasteiger partial charge in [-0.15, -0.1) is 0 Å². The minimum Gasteiger partial charge on any atom is -0.314 e. The number of nitrogens with zero attached hydrogens (tertiary/aromatic N) is 1. The summed E-state index contributed by atoms with van der Waals surface area (Å²) in [4.78, 5) is 2.53. The summed E-state index contributed by atoms with van der Waals surface area (Å²) < 4.78 is 0. The molecule has 1 fully saturated rings. The normalized spacial score (nSPS) is 25.8. The molecule has 1 N–H and O–H groups in total. The van der Waals surface area contributed by atoms with Gasteiger partial charge in [0.2, 0.25) is 0 Å². The van der Waals surface area contributed by atoms with Crippen LogP contribution in [0.4, 0.5) is 0 Å². The SMILES string of the molecule is CCCNC1CCCCC1CN(C)CC(C)C. The Morgan fingerprint density at radius 2 is 1.94 bits per heavy atom. The van der Waals surface area contributed by atoms with E-state index in [0.29, 0.717) is 0 Å². The van der Waals surface area contributed by atoms with Crippen LogP contribution in [-0.4, -0.2) is 37.6 Å². The number of rotatable bonds is 7. The summed E-state index contributed by atoms with van der Waals surface area (Å²) in [5.74, 6) is 1.66. The van der Waals surface area contributed by atoms with Gasteiger partial charge in [0.05, 0.1) is 0 Å². The Hall–Kier alpha value is -0.0800. The second-order valence-electron chi connectivity index (χ2n) is 6.22. The average molecular weight is 240 g/mol. The van der Waals surface area contributed by atoms with E-state index in [1.165, 1.54) is 51.7 Å². The second kappa shape index (κ2) is 8.10. The highest BCUT2D eigenvalue weighted by Gasteiger charge is 2.25. The first-order chi connectivity index (χ1) is 8.13. The Labute approximate surface area is 108 Å². The molecule has 0 aromatic heterocycles. The molecule has 1 saturated carbocycles. The molecule has 102 valence electrons. The molecule has 0 bridgehead atoms. The fourth-order valence-corrected chi connectivity index (χ4v) is 3.12. The molecule has 0 radical (unpaired) electrons. The van der Waals surface area contributed by atoms with E-state index in [2.05, 4.69) is 38.0 Å². The summed E-state index contributed by atoms with van der Waals surface area (Å²) in [7, 11) is 2.28. The number of hydrogen-bond donors (Lipinski definition) is 1. The van der Waals surface area contributed by atoms with Crippen LogP contribution in [0.3, 0.4) is 0 Å². The summed E-state index contributed by atoms with van der Waals surface area (Å²) in [6, 6.07) is 0.776. The Morgan fingerprint density at radius 3 is 2.59 bits per heavy atom. The number of nitrogens with one attached hydrogen (secondary N) is 1. The molecule has 17 heavy (non-hydrogen) atoms. The molecule has 0 amide bonds. The summed E-state index contributed by atoms with van der Waals surface area (Å²) in [5.41, 5.74) is 0. The Balaban J connectivity index is 2.36. The summed E-state index contributed by atoms with van der Waals surface area (Å²) >= 11 is 0. The van der Waals surface area contributed by atoms with Crippen LogP contribution in [-0.2, 0) is 0 Å². The van der Waals surface area contributed by atoms with Crippen LogP contribution in [0.2, 0.25) is 0 Å². The molecule has 0 aromatic rings. The van der Waals surface area contributed by atoms with Gasteiger partial charge in [0, 0.05) is 19.1 Å². The molecule has 0 aliphatic heterocycles. The average Bonchev–Trinajstić information content (AvgIpc) is 2.26. The van der Waals surface area contributed by atoms with Crippen LogP contribution in [0.5, 0.6) is 0 Å². The Bertz CT molecular complexity index is 191. The molecule has 2 nitrogen and oxygen atoms in total. The molecule has 2 unspecified atom stereocenters. The van der Waals surface area contributed by atoms with Crippen molar-refractivity contribution in [2.24, 2.45) is 11.8 Å². The monoisotopic (exact) mass is 240 g/mol. The molecule has 1 rings (SSSR count). The third kappa shape index (κ3) is 5.87. The maximum Gasteiger partial charge on any atom is 0.0107 e. The minimum atomic E-state index is 0.776. The van der Waals surface area contributed by atoms with Gasteiger partial charge < -0.3 is 10.2 Å². The summed E-state index contributed by atoms with van der Waals surface area (Å²) in [6.07, 6.45) is 6.92. The highest BCUT2D eigenvalue weighted by Crippen LogP contribution is 2.25. The topological polar surface area (TPSA) is 15.3 Å². The predicted molar refractivity (Wildman–Crippen MR) is 76.4 cm³/mol. The van der Waals surface area contributed by atoms with Gasteiger partial charge in [-0.05, 0) is 44.7 Å². The van der Waals surface area contributed by atoms with Crippen molar-refractivity contribution in [2.45, 2.75) is 58.9 Å². The molecule has 0 heterocycles. The Kier molecular flexibility index (Phi) is 7.14.